The molecular weight excluding hydrogens is 316 g/mol. The Balaban J connectivity index is 2.05. The average molecular weight is 330 g/mol. The summed E-state index contributed by atoms with van der Waals surface area (Å²) in [7, 11) is 0. The number of carbonyl (C=O) groups is 4. The van der Waals surface area contributed by atoms with Gasteiger partial charge in [-0.3, -0.25) is 29.5 Å². The Labute approximate surface area is 128 Å². The minimum Gasteiger partial charge on any atom is -0.481 e. The molecule has 2 amide bonds. The van der Waals surface area contributed by atoms with Crippen LogP contribution >= 0.6 is 11.8 Å². The number of rotatable bonds is 4. The van der Waals surface area contributed by atoms with Crippen molar-refractivity contribution in [1.82, 2.24) is 15.1 Å². The molecule has 0 saturated carbocycles. The van der Waals surface area contributed by atoms with Gasteiger partial charge >= 0.3 is 11.9 Å². The number of nitrogens with zero attached hydrogens (tertiary/aromatic N) is 2. The van der Waals surface area contributed by atoms with Gasteiger partial charge in [-0.2, -0.15) is 0 Å². The molecule has 3 heterocycles. The lowest BCUT2D eigenvalue weighted by atomic mass is 10.1. The molecule has 5 N–H and O–H groups in total. The van der Waals surface area contributed by atoms with Gasteiger partial charge < -0.3 is 15.9 Å². The molecule has 10 nitrogen and oxygen atoms in total. The lowest BCUT2D eigenvalue weighted by Crippen LogP contribution is -2.57. The normalized spacial score (nSPS) is 36.7. The van der Waals surface area contributed by atoms with E-state index in [1.165, 1.54) is 0 Å². The molecule has 120 valence electrons. The number of carboxylic acid groups (broad SMARTS) is 2. The van der Waals surface area contributed by atoms with Crippen LogP contribution in [0.4, 0.5) is 0 Å². The summed E-state index contributed by atoms with van der Waals surface area (Å²) in [6, 6.07) is -3.11. The maximum absolute atomic E-state index is 12.5. The van der Waals surface area contributed by atoms with Crippen LogP contribution in [-0.4, -0.2) is 79.3 Å². The second-order valence-corrected chi connectivity index (χ2v) is 6.43. The zero-order valence-electron chi connectivity index (χ0n) is 11.3. The van der Waals surface area contributed by atoms with E-state index in [4.69, 9.17) is 10.8 Å². The summed E-state index contributed by atoms with van der Waals surface area (Å²) in [5.74, 6) is -3.48. The molecule has 1 spiro atoms. The summed E-state index contributed by atoms with van der Waals surface area (Å²) in [6.07, 6.45) is -0.575. The van der Waals surface area contributed by atoms with Crippen molar-refractivity contribution in [2.24, 2.45) is 5.73 Å². The topological polar surface area (TPSA) is 153 Å². The highest BCUT2D eigenvalue weighted by Gasteiger charge is 2.70. The minimum absolute atomic E-state index is 0.0306. The molecule has 4 atom stereocenters. The summed E-state index contributed by atoms with van der Waals surface area (Å²) < 4.78 is 0. The van der Waals surface area contributed by atoms with Crippen molar-refractivity contribution >= 4 is 35.5 Å². The van der Waals surface area contributed by atoms with E-state index in [2.05, 4.69) is 5.32 Å². The maximum atomic E-state index is 12.5. The van der Waals surface area contributed by atoms with Gasteiger partial charge in [0.25, 0.3) is 5.91 Å². The Bertz CT molecular complexity index is 585. The predicted molar refractivity (Wildman–Crippen MR) is 72.3 cm³/mol. The van der Waals surface area contributed by atoms with Crippen LogP contribution in [0.3, 0.4) is 0 Å². The van der Waals surface area contributed by atoms with Crippen LogP contribution in [0.2, 0.25) is 0 Å². The molecule has 0 aliphatic carbocycles. The number of nitrogens with one attached hydrogen (secondary N) is 1. The van der Waals surface area contributed by atoms with E-state index in [1.807, 2.05) is 0 Å². The standard InChI is InChI=1S/C11H14N4O6S/c12-2-4-8(18)14-5(1-7(16)17)9(19)15-6(10(20)21)3-22-11(14,15)13-4/h4-6,13H,1-3,12H2,(H,16,17)(H,20,21)/t4-,5-,6-,11?/m0/s1. The summed E-state index contributed by atoms with van der Waals surface area (Å²) in [4.78, 5) is 49.5. The molecule has 3 aliphatic heterocycles. The first-order valence-corrected chi connectivity index (χ1v) is 7.54. The van der Waals surface area contributed by atoms with Crippen LogP contribution in [0, 0.1) is 0 Å². The van der Waals surface area contributed by atoms with E-state index in [-0.39, 0.29) is 12.3 Å². The van der Waals surface area contributed by atoms with Crippen LogP contribution in [-0.2, 0) is 19.2 Å². The van der Waals surface area contributed by atoms with Gasteiger partial charge in [-0.05, 0) is 0 Å². The van der Waals surface area contributed by atoms with Gasteiger partial charge in [0.15, 0.2) is 0 Å². The van der Waals surface area contributed by atoms with E-state index in [9.17, 15) is 24.3 Å². The number of carbonyl (C=O) groups excluding carboxylic acids is 2. The van der Waals surface area contributed by atoms with Crippen molar-refractivity contribution in [1.29, 1.82) is 0 Å². The van der Waals surface area contributed by atoms with Gasteiger partial charge in [0.05, 0.1) is 6.42 Å². The third-order valence-electron chi connectivity index (χ3n) is 4.03. The Kier molecular flexibility index (Phi) is 3.30. The second-order valence-electron chi connectivity index (χ2n) is 5.24. The largest absolute Gasteiger partial charge is 0.481 e. The molecule has 0 radical (unpaired) electrons. The lowest BCUT2D eigenvalue weighted by Gasteiger charge is -2.33. The molecule has 0 bridgehead atoms. The van der Waals surface area contributed by atoms with Crippen molar-refractivity contribution in [2.45, 2.75) is 29.7 Å². The molecule has 11 heteroatoms. The summed E-state index contributed by atoms with van der Waals surface area (Å²) >= 11 is 1.09. The predicted octanol–water partition coefficient (Wildman–Crippen LogP) is -2.76. The smallest absolute Gasteiger partial charge is 0.327 e. The number of nitrogens with two attached hydrogens (primary N) is 1. The van der Waals surface area contributed by atoms with Crippen molar-refractivity contribution in [2.75, 3.05) is 12.3 Å². The van der Waals surface area contributed by atoms with Gasteiger partial charge in [0, 0.05) is 12.3 Å². The second kappa shape index (κ2) is 4.83. The molecule has 3 saturated heterocycles. The van der Waals surface area contributed by atoms with Gasteiger partial charge in [-0.1, -0.05) is 11.8 Å². The number of thioether (sulfide) groups is 1. The first kappa shape index (κ1) is 15.1. The van der Waals surface area contributed by atoms with Gasteiger partial charge in [-0.25, -0.2) is 4.79 Å². The van der Waals surface area contributed by atoms with Crippen molar-refractivity contribution in [3.05, 3.63) is 0 Å². The Hall–Kier alpha value is -1.85. The fourth-order valence-corrected chi connectivity index (χ4v) is 4.77. The fraction of sp³-hybridized carbons (Fsp3) is 0.636. The summed E-state index contributed by atoms with van der Waals surface area (Å²) in [5.41, 5.74) is 5.53. The van der Waals surface area contributed by atoms with E-state index in [0.717, 1.165) is 21.6 Å². The Morgan fingerprint density at radius 1 is 1.32 bits per heavy atom. The first-order valence-electron chi connectivity index (χ1n) is 6.56. The average Bonchev–Trinajstić information content (AvgIpc) is 3.01. The van der Waals surface area contributed by atoms with E-state index in [1.54, 1.807) is 0 Å². The third kappa shape index (κ3) is 1.76. The molecular formula is C11H14N4O6S. The van der Waals surface area contributed by atoms with E-state index in [0.29, 0.717) is 0 Å². The van der Waals surface area contributed by atoms with Crippen molar-refractivity contribution in [3.8, 4) is 0 Å². The lowest BCUT2D eigenvalue weighted by molar-refractivity contribution is -0.149. The van der Waals surface area contributed by atoms with Crippen LogP contribution in [0.15, 0.2) is 0 Å². The minimum atomic E-state index is -1.35. The first-order chi connectivity index (χ1) is 10.3. The highest BCUT2D eigenvalue weighted by molar-refractivity contribution is 8.00. The third-order valence-corrected chi connectivity index (χ3v) is 5.42. The maximum Gasteiger partial charge on any atom is 0.327 e. The molecule has 0 aromatic carbocycles. The van der Waals surface area contributed by atoms with Crippen LogP contribution in [0.5, 0.6) is 0 Å². The van der Waals surface area contributed by atoms with Crippen LogP contribution in [0.25, 0.3) is 0 Å². The fourth-order valence-electron chi connectivity index (χ4n) is 3.15. The zero-order valence-corrected chi connectivity index (χ0v) is 12.1. The quantitative estimate of drug-likeness (QED) is 0.429. The highest BCUT2D eigenvalue weighted by atomic mass is 32.2. The Morgan fingerprint density at radius 3 is 2.55 bits per heavy atom. The van der Waals surface area contributed by atoms with Gasteiger partial charge in [0.1, 0.15) is 18.1 Å². The number of aliphatic carboxylic acids is 2. The molecule has 3 rings (SSSR count). The van der Waals surface area contributed by atoms with Crippen LogP contribution in [0.1, 0.15) is 6.42 Å². The zero-order chi connectivity index (χ0) is 16.2. The molecule has 3 fully saturated rings. The molecule has 1 unspecified atom stereocenters. The number of hydrogen-bond donors (Lipinski definition) is 4. The number of amides is 2. The van der Waals surface area contributed by atoms with Crippen molar-refractivity contribution in [3.63, 3.8) is 0 Å². The van der Waals surface area contributed by atoms with Gasteiger partial charge in [-0.15, -0.1) is 0 Å². The molecule has 0 aromatic heterocycles. The van der Waals surface area contributed by atoms with E-state index >= 15 is 0 Å². The molecule has 22 heavy (non-hydrogen) atoms. The monoisotopic (exact) mass is 330 g/mol. The van der Waals surface area contributed by atoms with E-state index < -0.39 is 53.4 Å². The van der Waals surface area contributed by atoms with Crippen molar-refractivity contribution < 1.29 is 29.4 Å². The molecule has 3 aliphatic rings. The summed E-state index contributed by atoms with van der Waals surface area (Å²) in [5, 5.41) is 19.8. The Morgan fingerprint density at radius 2 is 2.00 bits per heavy atom. The number of carboxylic acids is 2. The van der Waals surface area contributed by atoms with Crippen LogP contribution < -0.4 is 11.1 Å². The number of hydrogen-bond acceptors (Lipinski definition) is 7. The summed E-state index contributed by atoms with van der Waals surface area (Å²) in [6.45, 7) is -0.0306. The molecule has 0 aromatic rings. The highest BCUT2D eigenvalue weighted by Crippen LogP contribution is 2.50. The SMILES string of the molecule is NC[C@@H]1NC23SC[C@@H](C(=O)O)N2C(=O)[C@H](CC(=O)O)N3C1=O. The van der Waals surface area contributed by atoms with Gasteiger partial charge in [0.2, 0.25) is 11.0 Å².